The van der Waals surface area contributed by atoms with Gasteiger partial charge >= 0.3 is 5.97 Å². The molecule has 3 rings (SSSR count). The van der Waals surface area contributed by atoms with E-state index in [-0.39, 0.29) is 16.1 Å². The lowest BCUT2D eigenvalue weighted by atomic mass is 10.1. The molecule has 1 saturated heterocycles. The van der Waals surface area contributed by atoms with Crippen molar-refractivity contribution in [2.75, 3.05) is 22.7 Å². The number of halogens is 1. The van der Waals surface area contributed by atoms with Gasteiger partial charge < -0.3 is 15.1 Å². The fraction of sp³-hybridized carbons (Fsp3) is 0.278. The molecule has 0 atom stereocenters. The van der Waals surface area contributed by atoms with Crippen molar-refractivity contribution >= 4 is 27.4 Å². The Morgan fingerprint density at radius 2 is 1.85 bits per heavy atom. The number of aromatic hydroxyl groups is 1. The van der Waals surface area contributed by atoms with Crippen LogP contribution >= 0.6 is 0 Å². The Kier molecular flexibility index (Phi) is 4.97. The van der Waals surface area contributed by atoms with E-state index in [9.17, 15) is 22.7 Å². The minimum absolute atomic E-state index is 0.0276. The van der Waals surface area contributed by atoms with Gasteiger partial charge in [0.25, 0.3) is 10.0 Å². The number of sulfonamides is 1. The summed E-state index contributed by atoms with van der Waals surface area (Å²) in [6, 6.07) is 6.02. The SMILES string of the molecule is Cc1cc(O)c(C(=O)O)cc1S(=O)(=O)Nc1ccc(N2CCCC2)c(F)c1. The van der Waals surface area contributed by atoms with E-state index >= 15 is 0 Å². The van der Waals surface area contributed by atoms with E-state index in [1.165, 1.54) is 19.1 Å². The monoisotopic (exact) mass is 394 g/mol. The predicted octanol–water partition coefficient (Wildman–Crippen LogP) is 2.94. The third-order valence-electron chi connectivity index (χ3n) is 4.46. The molecule has 0 radical (unpaired) electrons. The number of nitrogens with one attached hydrogen (secondary N) is 1. The molecule has 0 amide bonds. The van der Waals surface area contributed by atoms with E-state index in [4.69, 9.17) is 5.11 Å². The summed E-state index contributed by atoms with van der Waals surface area (Å²) < 4.78 is 41.9. The van der Waals surface area contributed by atoms with Crippen LogP contribution in [0.3, 0.4) is 0 Å². The number of aryl methyl sites for hydroxylation is 1. The van der Waals surface area contributed by atoms with Crippen molar-refractivity contribution in [1.82, 2.24) is 0 Å². The van der Waals surface area contributed by atoms with Gasteiger partial charge in [-0.25, -0.2) is 17.6 Å². The number of nitrogens with zero attached hydrogens (tertiary/aromatic N) is 1. The third kappa shape index (κ3) is 3.82. The largest absolute Gasteiger partial charge is 0.507 e. The van der Waals surface area contributed by atoms with Gasteiger partial charge in [0.2, 0.25) is 0 Å². The Morgan fingerprint density at radius 3 is 2.44 bits per heavy atom. The molecule has 0 aromatic heterocycles. The van der Waals surface area contributed by atoms with E-state index < -0.39 is 33.1 Å². The predicted molar refractivity (Wildman–Crippen MR) is 98.5 cm³/mol. The molecular formula is C18H19FN2O5S. The van der Waals surface area contributed by atoms with Crippen LogP contribution in [0, 0.1) is 12.7 Å². The Labute approximate surface area is 156 Å². The maximum atomic E-state index is 14.4. The molecule has 7 nitrogen and oxygen atoms in total. The summed E-state index contributed by atoms with van der Waals surface area (Å²) in [6.45, 7) is 2.94. The molecule has 2 aromatic rings. The van der Waals surface area contributed by atoms with Crippen molar-refractivity contribution in [3.05, 3.63) is 47.3 Å². The number of phenols is 1. The first kappa shape index (κ1) is 19.0. The number of aromatic carboxylic acids is 1. The Morgan fingerprint density at radius 1 is 1.19 bits per heavy atom. The Balaban J connectivity index is 1.92. The van der Waals surface area contributed by atoms with Gasteiger partial charge in [-0.3, -0.25) is 4.72 Å². The second-order valence-corrected chi connectivity index (χ2v) is 8.06. The average molecular weight is 394 g/mol. The summed E-state index contributed by atoms with van der Waals surface area (Å²) in [7, 11) is -4.17. The van der Waals surface area contributed by atoms with Gasteiger partial charge in [0, 0.05) is 19.2 Å². The number of hydrogen-bond donors (Lipinski definition) is 3. The lowest BCUT2D eigenvalue weighted by Gasteiger charge is -2.19. The van der Waals surface area contributed by atoms with Crippen molar-refractivity contribution in [1.29, 1.82) is 0 Å². The van der Waals surface area contributed by atoms with Gasteiger partial charge in [0.15, 0.2) is 0 Å². The molecule has 9 heteroatoms. The van der Waals surface area contributed by atoms with E-state index in [0.717, 1.165) is 44.1 Å². The van der Waals surface area contributed by atoms with Crippen LogP contribution in [0.25, 0.3) is 0 Å². The lowest BCUT2D eigenvalue weighted by Crippen LogP contribution is -2.19. The minimum atomic E-state index is -4.17. The van der Waals surface area contributed by atoms with Crippen LogP contribution in [-0.2, 0) is 10.0 Å². The first-order chi connectivity index (χ1) is 12.7. The molecule has 1 aliphatic rings. The second-order valence-electron chi connectivity index (χ2n) is 6.41. The molecule has 1 fully saturated rings. The maximum Gasteiger partial charge on any atom is 0.339 e. The fourth-order valence-corrected chi connectivity index (χ4v) is 4.43. The zero-order valence-corrected chi connectivity index (χ0v) is 15.4. The summed E-state index contributed by atoms with van der Waals surface area (Å²) in [4.78, 5) is 12.7. The Bertz CT molecular complexity index is 1000. The molecule has 0 bridgehead atoms. The summed E-state index contributed by atoms with van der Waals surface area (Å²) in [6.07, 6.45) is 1.97. The van der Waals surface area contributed by atoms with E-state index in [2.05, 4.69) is 4.72 Å². The smallest absolute Gasteiger partial charge is 0.339 e. The molecule has 2 aromatic carbocycles. The van der Waals surface area contributed by atoms with Crippen molar-refractivity contribution in [3.63, 3.8) is 0 Å². The summed E-state index contributed by atoms with van der Waals surface area (Å²) in [5.41, 5.74) is 0.0833. The van der Waals surface area contributed by atoms with Gasteiger partial charge in [-0.15, -0.1) is 0 Å². The van der Waals surface area contributed by atoms with Crippen LogP contribution in [0.1, 0.15) is 28.8 Å². The number of carboxylic acid groups (broad SMARTS) is 1. The molecule has 0 saturated carbocycles. The van der Waals surface area contributed by atoms with Gasteiger partial charge in [-0.1, -0.05) is 0 Å². The van der Waals surface area contributed by atoms with Gasteiger partial charge in [0.05, 0.1) is 16.3 Å². The first-order valence-corrected chi connectivity index (χ1v) is 9.81. The summed E-state index contributed by atoms with van der Waals surface area (Å²) >= 11 is 0. The van der Waals surface area contributed by atoms with Gasteiger partial charge in [0.1, 0.15) is 17.1 Å². The molecular weight excluding hydrogens is 375 g/mol. The molecule has 1 aliphatic heterocycles. The zero-order valence-electron chi connectivity index (χ0n) is 14.6. The quantitative estimate of drug-likeness (QED) is 0.720. The van der Waals surface area contributed by atoms with Crippen LogP contribution in [0.4, 0.5) is 15.8 Å². The molecule has 27 heavy (non-hydrogen) atoms. The van der Waals surface area contributed by atoms with Crippen molar-refractivity contribution < 1.29 is 27.8 Å². The molecule has 0 spiro atoms. The standard InChI is InChI=1S/C18H19FN2O5S/c1-11-8-16(22)13(18(23)24)10-17(11)27(25,26)20-12-4-5-15(14(19)9-12)21-6-2-3-7-21/h4-5,8-10,20,22H,2-3,6-7H2,1H3,(H,23,24). The number of benzene rings is 2. The minimum Gasteiger partial charge on any atom is -0.507 e. The van der Waals surface area contributed by atoms with E-state index in [1.54, 1.807) is 0 Å². The van der Waals surface area contributed by atoms with Crippen LogP contribution in [0.5, 0.6) is 5.75 Å². The molecule has 0 unspecified atom stereocenters. The lowest BCUT2D eigenvalue weighted by molar-refractivity contribution is 0.0693. The van der Waals surface area contributed by atoms with Crippen LogP contribution in [0.2, 0.25) is 0 Å². The number of hydrogen-bond acceptors (Lipinski definition) is 5. The van der Waals surface area contributed by atoms with E-state index in [0.29, 0.717) is 5.69 Å². The molecule has 3 N–H and O–H groups in total. The number of carboxylic acids is 1. The summed E-state index contributed by atoms with van der Waals surface area (Å²) in [5.74, 6) is -2.52. The normalized spacial score (nSPS) is 14.4. The summed E-state index contributed by atoms with van der Waals surface area (Å²) in [5, 5.41) is 18.7. The fourth-order valence-electron chi connectivity index (χ4n) is 3.13. The van der Waals surface area contributed by atoms with Gasteiger partial charge in [-0.2, -0.15) is 0 Å². The topological polar surface area (TPSA) is 107 Å². The first-order valence-electron chi connectivity index (χ1n) is 8.33. The van der Waals surface area contributed by atoms with Crippen molar-refractivity contribution in [3.8, 4) is 5.75 Å². The van der Waals surface area contributed by atoms with Crippen LogP contribution < -0.4 is 9.62 Å². The molecule has 1 heterocycles. The van der Waals surface area contributed by atoms with Crippen molar-refractivity contribution in [2.24, 2.45) is 0 Å². The molecule has 144 valence electrons. The Hall–Kier alpha value is -2.81. The highest BCUT2D eigenvalue weighted by Crippen LogP contribution is 2.29. The number of carbonyl (C=O) groups is 1. The van der Waals surface area contributed by atoms with Crippen LogP contribution in [-0.4, -0.2) is 37.7 Å². The number of rotatable bonds is 5. The second kappa shape index (κ2) is 7.07. The highest BCUT2D eigenvalue weighted by atomic mass is 32.2. The highest BCUT2D eigenvalue weighted by Gasteiger charge is 2.23. The average Bonchev–Trinajstić information content (AvgIpc) is 3.08. The molecule has 0 aliphatic carbocycles. The van der Waals surface area contributed by atoms with Crippen LogP contribution in [0.15, 0.2) is 35.2 Å². The maximum absolute atomic E-state index is 14.4. The number of anilines is 2. The van der Waals surface area contributed by atoms with E-state index in [1.807, 2.05) is 4.90 Å². The highest BCUT2D eigenvalue weighted by molar-refractivity contribution is 7.92. The zero-order chi connectivity index (χ0) is 19.8. The van der Waals surface area contributed by atoms with Crippen molar-refractivity contribution in [2.45, 2.75) is 24.7 Å². The third-order valence-corrected chi connectivity index (χ3v) is 5.98. The van der Waals surface area contributed by atoms with Gasteiger partial charge in [-0.05, 0) is 49.6 Å².